The summed E-state index contributed by atoms with van der Waals surface area (Å²) in [6.45, 7) is 3.64. The van der Waals surface area contributed by atoms with Crippen LogP contribution >= 0.6 is 0 Å². The molecule has 3 atom stereocenters. The number of hydrogen-bond donors (Lipinski definition) is 5. The summed E-state index contributed by atoms with van der Waals surface area (Å²) in [7, 11) is 0. The number of unbranched alkanes of at least 4 members (excludes halogenated alkanes) is 20. The smallest absolute Gasteiger partial charge is 0.306 e. The van der Waals surface area contributed by atoms with Crippen molar-refractivity contribution in [2.45, 2.75) is 193 Å². The second-order valence-corrected chi connectivity index (χ2v) is 12.9. The number of carboxylic acids is 1. The summed E-state index contributed by atoms with van der Waals surface area (Å²) in [5, 5.41) is 44.9. The Balaban J connectivity index is 0. The summed E-state index contributed by atoms with van der Waals surface area (Å²) in [5.41, 5.74) is 0. The molecule has 274 valence electrons. The van der Waals surface area contributed by atoms with Gasteiger partial charge < -0.3 is 30.3 Å². The van der Waals surface area contributed by atoms with Crippen molar-refractivity contribution >= 4 is 11.9 Å². The number of carboxylic acid groups (broad SMARTS) is 1. The van der Waals surface area contributed by atoms with E-state index in [1.54, 1.807) is 0 Å². The molecular formula is C38H74O8. The van der Waals surface area contributed by atoms with Gasteiger partial charge in [0.2, 0.25) is 0 Å². The van der Waals surface area contributed by atoms with Crippen molar-refractivity contribution in [1.82, 2.24) is 0 Å². The van der Waals surface area contributed by atoms with Crippen molar-refractivity contribution in [3.8, 4) is 0 Å². The Kier molecular flexibility index (Phi) is 38.5. The van der Waals surface area contributed by atoms with Crippen LogP contribution in [0.4, 0.5) is 0 Å². The van der Waals surface area contributed by atoms with Crippen LogP contribution in [0.15, 0.2) is 12.2 Å². The molecule has 0 aromatic heterocycles. The number of carbonyl (C=O) groups excluding carboxylic acids is 1. The van der Waals surface area contributed by atoms with Crippen LogP contribution < -0.4 is 0 Å². The largest absolute Gasteiger partial charge is 0.481 e. The first kappa shape index (κ1) is 46.6. The Morgan fingerprint density at radius 1 is 0.587 bits per heavy atom. The quantitative estimate of drug-likeness (QED) is 0.0268. The molecule has 3 unspecified atom stereocenters. The Labute approximate surface area is 282 Å². The summed E-state index contributed by atoms with van der Waals surface area (Å²) in [4.78, 5) is 22.4. The molecule has 0 bridgehead atoms. The number of esters is 1. The van der Waals surface area contributed by atoms with E-state index in [9.17, 15) is 14.7 Å². The van der Waals surface area contributed by atoms with Gasteiger partial charge in [0.15, 0.2) is 0 Å². The van der Waals surface area contributed by atoms with Gasteiger partial charge in [0.25, 0.3) is 0 Å². The van der Waals surface area contributed by atoms with E-state index in [0.29, 0.717) is 12.8 Å². The number of carbonyl (C=O) groups is 2. The zero-order chi connectivity index (χ0) is 34.5. The van der Waals surface area contributed by atoms with Crippen molar-refractivity contribution in [1.29, 1.82) is 0 Å². The lowest BCUT2D eigenvalue weighted by molar-refractivity contribution is -0.147. The third-order valence-corrected chi connectivity index (χ3v) is 8.31. The van der Waals surface area contributed by atoms with E-state index in [1.165, 1.54) is 109 Å². The molecule has 0 aliphatic heterocycles. The minimum absolute atomic E-state index is 0.111. The third kappa shape index (κ3) is 37.0. The van der Waals surface area contributed by atoms with Crippen LogP contribution in [0.5, 0.6) is 0 Å². The van der Waals surface area contributed by atoms with E-state index in [1.807, 2.05) is 0 Å². The molecule has 0 aliphatic rings. The summed E-state index contributed by atoms with van der Waals surface area (Å²) < 4.78 is 4.84. The summed E-state index contributed by atoms with van der Waals surface area (Å²) in [6.07, 6.45) is 32.2. The maximum atomic E-state index is 11.3. The monoisotopic (exact) mass is 659 g/mol. The molecule has 0 saturated heterocycles. The first-order chi connectivity index (χ1) is 22.3. The molecule has 0 aromatic carbocycles. The molecule has 0 radical (unpaired) electrons. The molecule has 0 rings (SSSR count). The van der Waals surface area contributed by atoms with Crippen molar-refractivity contribution < 1.29 is 39.9 Å². The molecule has 0 saturated carbocycles. The van der Waals surface area contributed by atoms with Crippen LogP contribution in [0.25, 0.3) is 0 Å². The summed E-state index contributed by atoms with van der Waals surface area (Å²) in [5.74, 6) is -1.68. The van der Waals surface area contributed by atoms with Crippen molar-refractivity contribution in [3.63, 3.8) is 0 Å². The van der Waals surface area contributed by atoms with E-state index in [-0.39, 0.29) is 32.2 Å². The molecule has 46 heavy (non-hydrogen) atoms. The lowest BCUT2D eigenvalue weighted by atomic mass is 9.94. The van der Waals surface area contributed by atoms with Gasteiger partial charge in [0.05, 0.1) is 25.2 Å². The zero-order valence-electron chi connectivity index (χ0n) is 29.9. The number of aliphatic hydroxyl groups excluding tert-OH is 4. The van der Waals surface area contributed by atoms with Gasteiger partial charge in [-0.15, -0.1) is 0 Å². The fourth-order valence-electron chi connectivity index (χ4n) is 5.28. The highest BCUT2D eigenvalue weighted by Crippen LogP contribution is 2.18. The Morgan fingerprint density at radius 2 is 1.00 bits per heavy atom. The average molecular weight is 659 g/mol. The highest BCUT2D eigenvalue weighted by molar-refractivity contribution is 5.70. The van der Waals surface area contributed by atoms with Gasteiger partial charge in [-0.2, -0.15) is 0 Å². The van der Waals surface area contributed by atoms with Crippen LogP contribution in [-0.2, 0) is 14.3 Å². The topological polar surface area (TPSA) is 145 Å². The van der Waals surface area contributed by atoms with E-state index in [4.69, 9.17) is 25.2 Å². The lowest BCUT2D eigenvalue weighted by Crippen LogP contribution is -2.23. The van der Waals surface area contributed by atoms with Gasteiger partial charge in [-0.05, 0) is 44.9 Å². The second-order valence-electron chi connectivity index (χ2n) is 12.9. The van der Waals surface area contributed by atoms with Crippen LogP contribution in [0, 0.1) is 5.92 Å². The van der Waals surface area contributed by atoms with Gasteiger partial charge in [0.1, 0.15) is 12.7 Å². The van der Waals surface area contributed by atoms with E-state index in [2.05, 4.69) is 26.0 Å². The highest BCUT2D eigenvalue weighted by Gasteiger charge is 2.20. The van der Waals surface area contributed by atoms with Crippen LogP contribution in [0.3, 0.4) is 0 Å². The predicted octanol–water partition coefficient (Wildman–Crippen LogP) is 8.66. The molecule has 0 heterocycles. The summed E-state index contributed by atoms with van der Waals surface area (Å²) in [6, 6.07) is 0. The Morgan fingerprint density at radius 3 is 1.46 bits per heavy atom. The number of rotatable bonds is 33. The fourth-order valence-corrected chi connectivity index (χ4v) is 5.28. The van der Waals surface area contributed by atoms with Gasteiger partial charge in [-0.3, -0.25) is 9.59 Å². The SMILES string of the molecule is CCCCCC/C=C\CCCCCCCC(=O)OCC(O)CO.CCCCCCCCCCCCCCC(CC(O)CO)C(=O)O. The number of aliphatic carboxylic acids is 1. The number of ether oxygens (including phenoxy) is 1. The lowest BCUT2D eigenvalue weighted by Gasteiger charge is -2.15. The van der Waals surface area contributed by atoms with E-state index < -0.39 is 24.1 Å². The van der Waals surface area contributed by atoms with Crippen LogP contribution in [0.1, 0.15) is 181 Å². The maximum Gasteiger partial charge on any atom is 0.306 e. The zero-order valence-corrected chi connectivity index (χ0v) is 29.9. The molecular weight excluding hydrogens is 584 g/mol. The molecule has 0 aliphatic carbocycles. The third-order valence-electron chi connectivity index (χ3n) is 8.31. The number of hydrogen-bond acceptors (Lipinski definition) is 7. The second kappa shape index (κ2) is 38.0. The van der Waals surface area contributed by atoms with Crippen molar-refractivity contribution in [2.24, 2.45) is 5.92 Å². The van der Waals surface area contributed by atoms with E-state index in [0.717, 1.165) is 38.5 Å². The van der Waals surface area contributed by atoms with Crippen LogP contribution in [0.2, 0.25) is 0 Å². The van der Waals surface area contributed by atoms with Gasteiger partial charge >= 0.3 is 11.9 Å². The first-order valence-electron chi connectivity index (χ1n) is 18.9. The number of aliphatic hydroxyl groups is 4. The van der Waals surface area contributed by atoms with Crippen molar-refractivity contribution in [3.05, 3.63) is 12.2 Å². The first-order valence-corrected chi connectivity index (χ1v) is 18.9. The Bertz CT molecular complexity index is 669. The number of allylic oxidation sites excluding steroid dienone is 2. The highest BCUT2D eigenvalue weighted by atomic mass is 16.5. The Hall–Kier alpha value is -1.48. The minimum Gasteiger partial charge on any atom is -0.481 e. The fraction of sp³-hybridized carbons (Fsp3) is 0.895. The van der Waals surface area contributed by atoms with E-state index >= 15 is 0 Å². The normalized spacial score (nSPS) is 13.3. The van der Waals surface area contributed by atoms with Crippen molar-refractivity contribution in [2.75, 3.05) is 19.8 Å². The van der Waals surface area contributed by atoms with Gasteiger partial charge in [-0.25, -0.2) is 0 Å². The molecule has 0 aromatic rings. The molecule has 0 fully saturated rings. The molecule has 5 N–H and O–H groups in total. The standard InChI is InChI=1S/C19H38O4.C19H36O4/c1-2-3-4-5-6-7-8-9-10-11-12-13-14-17(19(22)23)15-18(21)16-20;1-2-3-4-5-6-7-8-9-10-11-12-13-14-15-19(22)23-17-18(21)16-20/h17-18,20-21H,2-16H2,1H3,(H,22,23);7-8,18,20-21H,2-6,9-17H2,1H3/b;8-7-. The molecule has 0 amide bonds. The van der Waals surface area contributed by atoms with Crippen LogP contribution in [-0.4, -0.2) is 69.5 Å². The molecule has 0 spiro atoms. The average Bonchev–Trinajstić information content (AvgIpc) is 3.05. The van der Waals surface area contributed by atoms with Gasteiger partial charge in [-0.1, -0.05) is 142 Å². The minimum atomic E-state index is -0.960. The molecule has 8 nitrogen and oxygen atoms in total. The maximum absolute atomic E-state index is 11.3. The predicted molar refractivity (Wildman–Crippen MR) is 189 cm³/mol. The summed E-state index contributed by atoms with van der Waals surface area (Å²) >= 11 is 0. The molecule has 8 heteroatoms. The van der Waals surface area contributed by atoms with Gasteiger partial charge in [0, 0.05) is 6.42 Å².